The van der Waals surface area contributed by atoms with Crippen LogP contribution in [0, 0.1) is 11.3 Å². The van der Waals surface area contributed by atoms with Crippen molar-refractivity contribution in [2.45, 2.75) is 40.5 Å². The molecule has 0 saturated heterocycles. The van der Waals surface area contributed by atoms with Crippen LogP contribution in [0.5, 0.6) is 5.75 Å². The molecule has 4 heteroatoms. The Hall–Kier alpha value is -1.84. The number of aryl methyl sites for hydroxylation is 1. The van der Waals surface area contributed by atoms with Crippen LogP contribution in [-0.2, 0) is 16.0 Å². The normalized spacial score (nSPS) is 12.8. The SMILES string of the molecule is CC(CCc1ccc(OC(=O)C(C)(C)C)cc1)C(=O)O. The first-order chi connectivity index (χ1) is 9.20. The molecule has 1 aromatic carbocycles. The Kier molecular flexibility index (Phi) is 5.31. The van der Waals surface area contributed by atoms with Crippen molar-refractivity contribution in [2.24, 2.45) is 11.3 Å². The lowest BCUT2D eigenvalue weighted by atomic mass is 9.97. The zero-order valence-corrected chi connectivity index (χ0v) is 12.5. The van der Waals surface area contributed by atoms with Crippen molar-refractivity contribution in [1.82, 2.24) is 0 Å². The van der Waals surface area contributed by atoms with Crippen LogP contribution in [0.2, 0.25) is 0 Å². The molecule has 1 N–H and O–H groups in total. The van der Waals surface area contributed by atoms with Crippen LogP contribution in [0.1, 0.15) is 39.7 Å². The van der Waals surface area contributed by atoms with Gasteiger partial charge in [0, 0.05) is 0 Å². The Morgan fingerprint density at radius 1 is 1.20 bits per heavy atom. The van der Waals surface area contributed by atoms with Gasteiger partial charge in [-0.05, 0) is 51.3 Å². The van der Waals surface area contributed by atoms with Crippen molar-refractivity contribution in [3.63, 3.8) is 0 Å². The number of carboxylic acid groups (broad SMARTS) is 1. The number of benzene rings is 1. The van der Waals surface area contributed by atoms with E-state index in [2.05, 4.69) is 0 Å². The smallest absolute Gasteiger partial charge is 0.316 e. The highest BCUT2D eigenvalue weighted by molar-refractivity contribution is 5.77. The second kappa shape index (κ2) is 6.55. The van der Waals surface area contributed by atoms with Gasteiger partial charge in [-0.15, -0.1) is 0 Å². The van der Waals surface area contributed by atoms with Crippen molar-refractivity contribution in [2.75, 3.05) is 0 Å². The molecular weight excluding hydrogens is 256 g/mol. The van der Waals surface area contributed by atoms with E-state index in [0.29, 0.717) is 18.6 Å². The number of rotatable bonds is 5. The average molecular weight is 278 g/mol. The van der Waals surface area contributed by atoms with Crippen molar-refractivity contribution in [3.05, 3.63) is 29.8 Å². The zero-order valence-electron chi connectivity index (χ0n) is 12.5. The molecule has 0 heterocycles. The number of hydrogen-bond donors (Lipinski definition) is 1. The predicted molar refractivity (Wildman–Crippen MR) is 76.7 cm³/mol. The van der Waals surface area contributed by atoms with E-state index in [-0.39, 0.29) is 11.9 Å². The number of hydrogen-bond acceptors (Lipinski definition) is 3. The van der Waals surface area contributed by atoms with Crippen LogP contribution in [0.15, 0.2) is 24.3 Å². The zero-order chi connectivity index (χ0) is 15.3. The van der Waals surface area contributed by atoms with Gasteiger partial charge in [0.2, 0.25) is 0 Å². The van der Waals surface area contributed by atoms with Gasteiger partial charge in [0.05, 0.1) is 11.3 Å². The fourth-order valence-corrected chi connectivity index (χ4v) is 1.49. The summed E-state index contributed by atoms with van der Waals surface area (Å²) in [4.78, 5) is 22.5. The van der Waals surface area contributed by atoms with Crippen molar-refractivity contribution < 1.29 is 19.4 Å². The minimum atomic E-state index is -0.777. The molecule has 4 nitrogen and oxygen atoms in total. The third-order valence-electron chi connectivity index (χ3n) is 3.03. The molecule has 0 bridgehead atoms. The van der Waals surface area contributed by atoms with Gasteiger partial charge in [0.25, 0.3) is 0 Å². The summed E-state index contributed by atoms with van der Waals surface area (Å²) < 4.78 is 5.26. The predicted octanol–water partition coefficient (Wildman–Crippen LogP) is 3.29. The molecule has 0 radical (unpaired) electrons. The molecule has 110 valence electrons. The molecule has 1 unspecified atom stereocenters. The largest absolute Gasteiger partial charge is 0.481 e. The Balaban J connectivity index is 2.57. The summed E-state index contributed by atoms with van der Waals surface area (Å²) in [5, 5.41) is 8.82. The molecule has 0 spiro atoms. The second-order valence-corrected chi connectivity index (χ2v) is 6.06. The lowest BCUT2D eigenvalue weighted by Crippen LogP contribution is -2.25. The van der Waals surface area contributed by atoms with Crippen molar-refractivity contribution in [3.8, 4) is 5.75 Å². The lowest BCUT2D eigenvalue weighted by molar-refractivity contribution is -0.143. The number of carboxylic acids is 1. The minimum Gasteiger partial charge on any atom is -0.481 e. The van der Waals surface area contributed by atoms with E-state index in [0.717, 1.165) is 5.56 Å². The summed E-state index contributed by atoms with van der Waals surface area (Å²) in [6.07, 6.45) is 1.29. The number of esters is 1. The minimum absolute atomic E-state index is 0.273. The standard InChI is InChI=1S/C16H22O4/c1-11(14(17)18)5-6-12-7-9-13(10-8-12)20-15(19)16(2,3)4/h7-11H,5-6H2,1-4H3,(H,17,18). The van der Waals surface area contributed by atoms with Crippen LogP contribution >= 0.6 is 0 Å². The first-order valence-electron chi connectivity index (χ1n) is 6.74. The number of aliphatic carboxylic acids is 1. The van der Waals surface area contributed by atoms with E-state index in [1.807, 2.05) is 12.1 Å². The van der Waals surface area contributed by atoms with Gasteiger partial charge in [0.1, 0.15) is 5.75 Å². The van der Waals surface area contributed by atoms with Crippen LogP contribution in [0.4, 0.5) is 0 Å². The highest BCUT2D eigenvalue weighted by Crippen LogP contribution is 2.20. The molecule has 0 fully saturated rings. The van der Waals surface area contributed by atoms with Crippen molar-refractivity contribution >= 4 is 11.9 Å². The number of carbonyl (C=O) groups excluding carboxylic acids is 1. The van der Waals surface area contributed by atoms with Crippen molar-refractivity contribution in [1.29, 1.82) is 0 Å². The van der Waals surface area contributed by atoms with Gasteiger partial charge in [0.15, 0.2) is 0 Å². The van der Waals surface area contributed by atoms with E-state index in [1.54, 1.807) is 39.8 Å². The maximum atomic E-state index is 11.7. The fourth-order valence-electron chi connectivity index (χ4n) is 1.49. The first kappa shape index (κ1) is 16.2. The molecule has 0 amide bonds. The summed E-state index contributed by atoms with van der Waals surface area (Å²) in [7, 11) is 0. The van der Waals surface area contributed by atoms with E-state index in [9.17, 15) is 9.59 Å². The quantitative estimate of drug-likeness (QED) is 0.663. The fraction of sp³-hybridized carbons (Fsp3) is 0.500. The Morgan fingerprint density at radius 2 is 1.75 bits per heavy atom. The molecule has 0 aliphatic rings. The summed E-state index contributed by atoms with van der Waals surface area (Å²) in [5.74, 6) is -0.890. The van der Waals surface area contributed by atoms with Gasteiger partial charge in [-0.3, -0.25) is 9.59 Å². The number of ether oxygens (including phenoxy) is 1. The molecule has 0 aromatic heterocycles. The van der Waals surface area contributed by atoms with E-state index >= 15 is 0 Å². The number of carbonyl (C=O) groups is 2. The Labute approximate surface area is 119 Å². The Morgan fingerprint density at radius 3 is 2.20 bits per heavy atom. The monoisotopic (exact) mass is 278 g/mol. The van der Waals surface area contributed by atoms with Crippen LogP contribution < -0.4 is 4.74 Å². The van der Waals surface area contributed by atoms with E-state index in [4.69, 9.17) is 9.84 Å². The molecule has 1 aromatic rings. The third kappa shape index (κ3) is 5.03. The van der Waals surface area contributed by atoms with Gasteiger partial charge in [-0.2, -0.15) is 0 Å². The van der Waals surface area contributed by atoms with Gasteiger partial charge < -0.3 is 9.84 Å². The average Bonchev–Trinajstić information content (AvgIpc) is 2.36. The van der Waals surface area contributed by atoms with Crippen LogP contribution in [0.3, 0.4) is 0 Å². The lowest BCUT2D eigenvalue weighted by Gasteiger charge is -2.16. The molecule has 1 rings (SSSR count). The highest BCUT2D eigenvalue weighted by Gasteiger charge is 2.23. The van der Waals surface area contributed by atoms with Crippen LogP contribution in [0.25, 0.3) is 0 Å². The molecule has 0 aliphatic heterocycles. The van der Waals surface area contributed by atoms with Crippen LogP contribution in [-0.4, -0.2) is 17.0 Å². The summed E-state index contributed by atoms with van der Waals surface area (Å²) in [6.45, 7) is 7.10. The van der Waals surface area contributed by atoms with Gasteiger partial charge in [-0.1, -0.05) is 19.1 Å². The Bertz CT molecular complexity index is 468. The van der Waals surface area contributed by atoms with Gasteiger partial charge in [-0.25, -0.2) is 0 Å². The highest BCUT2D eigenvalue weighted by atomic mass is 16.5. The third-order valence-corrected chi connectivity index (χ3v) is 3.03. The first-order valence-corrected chi connectivity index (χ1v) is 6.74. The van der Waals surface area contributed by atoms with E-state index < -0.39 is 11.4 Å². The topological polar surface area (TPSA) is 63.6 Å². The molecule has 20 heavy (non-hydrogen) atoms. The molecular formula is C16H22O4. The molecule has 1 atom stereocenters. The second-order valence-electron chi connectivity index (χ2n) is 6.06. The maximum absolute atomic E-state index is 11.7. The van der Waals surface area contributed by atoms with E-state index in [1.165, 1.54) is 0 Å². The summed E-state index contributed by atoms with van der Waals surface area (Å²) in [5.41, 5.74) is 0.504. The summed E-state index contributed by atoms with van der Waals surface area (Å²) >= 11 is 0. The molecule has 0 saturated carbocycles. The summed E-state index contributed by atoms with van der Waals surface area (Å²) in [6, 6.07) is 7.20. The van der Waals surface area contributed by atoms with Gasteiger partial charge >= 0.3 is 11.9 Å². The molecule has 0 aliphatic carbocycles. The maximum Gasteiger partial charge on any atom is 0.316 e.